The van der Waals surface area contributed by atoms with Crippen molar-refractivity contribution in [2.24, 2.45) is 11.7 Å². The van der Waals surface area contributed by atoms with E-state index in [4.69, 9.17) is 17.3 Å². The quantitative estimate of drug-likeness (QED) is 0.921. The van der Waals surface area contributed by atoms with Crippen LogP contribution in [0, 0.1) is 5.92 Å². The van der Waals surface area contributed by atoms with Crippen LogP contribution in [-0.2, 0) is 0 Å². The van der Waals surface area contributed by atoms with Gasteiger partial charge in [0, 0.05) is 26.2 Å². The Bertz CT molecular complexity index is 433. The van der Waals surface area contributed by atoms with Gasteiger partial charge in [-0.1, -0.05) is 17.7 Å². The summed E-state index contributed by atoms with van der Waals surface area (Å²) < 4.78 is 0. The van der Waals surface area contributed by atoms with Crippen molar-refractivity contribution in [2.45, 2.75) is 19.4 Å². The molecule has 0 bridgehead atoms. The van der Waals surface area contributed by atoms with Gasteiger partial charge in [0.05, 0.1) is 10.7 Å². The average Bonchev–Trinajstić information content (AvgIpc) is 2.74. The molecule has 4 heteroatoms. The Morgan fingerprint density at radius 3 is 2.79 bits per heavy atom. The van der Waals surface area contributed by atoms with Crippen molar-refractivity contribution in [1.29, 1.82) is 0 Å². The normalized spacial score (nSPS) is 21.6. The zero-order valence-corrected chi connectivity index (χ0v) is 12.8. The number of hydrogen-bond donors (Lipinski definition) is 1. The molecule has 19 heavy (non-hydrogen) atoms. The first-order chi connectivity index (χ1) is 8.97. The lowest BCUT2D eigenvalue weighted by molar-refractivity contribution is 0.396. The highest BCUT2D eigenvalue weighted by molar-refractivity contribution is 6.33. The highest BCUT2D eigenvalue weighted by Gasteiger charge is 2.21. The van der Waals surface area contributed by atoms with Crippen LogP contribution in [-0.4, -0.2) is 38.6 Å². The molecule has 0 aromatic heterocycles. The van der Waals surface area contributed by atoms with Crippen LogP contribution in [0.1, 0.15) is 24.9 Å². The summed E-state index contributed by atoms with van der Waals surface area (Å²) in [6.07, 6.45) is 1.27. The second-order valence-corrected chi connectivity index (χ2v) is 6.20. The third-order valence-corrected chi connectivity index (χ3v) is 4.23. The highest BCUT2D eigenvalue weighted by atomic mass is 35.5. The van der Waals surface area contributed by atoms with E-state index in [1.807, 2.05) is 13.0 Å². The van der Waals surface area contributed by atoms with Crippen molar-refractivity contribution in [1.82, 2.24) is 4.90 Å². The van der Waals surface area contributed by atoms with Gasteiger partial charge in [-0.3, -0.25) is 0 Å². The Hall–Kier alpha value is -0.770. The lowest BCUT2D eigenvalue weighted by Crippen LogP contribution is -2.27. The molecule has 0 amide bonds. The van der Waals surface area contributed by atoms with Gasteiger partial charge in [0.2, 0.25) is 0 Å². The summed E-state index contributed by atoms with van der Waals surface area (Å²) in [4.78, 5) is 4.65. The Kier molecular flexibility index (Phi) is 4.71. The van der Waals surface area contributed by atoms with Gasteiger partial charge in [-0.2, -0.15) is 0 Å². The van der Waals surface area contributed by atoms with Crippen LogP contribution in [0.5, 0.6) is 0 Å². The number of benzene rings is 1. The minimum absolute atomic E-state index is 0.0281. The predicted molar refractivity (Wildman–Crippen MR) is 82.9 cm³/mol. The maximum atomic E-state index is 6.37. The lowest BCUT2D eigenvalue weighted by Gasteiger charge is -2.24. The molecule has 0 spiro atoms. The highest BCUT2D eigenvalue weighted by Crippen LogP contribution is 2.29. The fraction of sp³-hybridized carbons (Fsp3) is 0.600. The molecule has 1 aromatic rings. The molecule has 1 unspecified atom stereocenters. The summed E-state index contributed by atoms with van der Waals surface area (Å²) in [6.45, 7) is 5.42. The zero-order chi connectivity index (χ0) is 14.0. The molecule has 106 valence electrons. The second-order valence-electron chi connectivity index (χ2n) is 5.80. The van der Waals surface area contributed by atoms with Gasteiger partial charge in [-0.25, -0.2) is 0 Å². The van der Waals surface area contributed by atoms with E-state index in [1.54, 1.807) is 0 Å². The number of hydrogen-bond acceptors (Lipinski definition) is 3. The van der Waals surface area contributed by atoms with Gasteiger partial charge in [-0.15, -0.1) is 0 Å². The molecule has 1 saturated heterocycles. The number of nitrogens with two attached hydrogens (primary N) is 1. The standard InChI is InChI=1S/C15H24ClN3/c1-11(17)13-4-5-15(14(16)8-13)19(3)10-12-6-7-18(2)9-12/h4-5,8,11-12H,6-7,9-10,17H2,1-3H3/t11-,12?/m1/s1. The zero-order valence-electron chi connectivity index (χ0n) is 12.1. The molecule has 2 N–H and O–H groups in total. The molecule has 0 aliphatic carbocycles. The number of halogens is 1. The van der Waals surface area contributed by atoms with Gasteiger partial charge in [0.25, 0.3) is 0 Å². The van der Waals surface area contributed by atoms with Crippen molar-refractivity contribution in [3.8, 4) is 0 Å². The third-order valence-electron chi connectivity index (χ3n) is 3.93. The van der Waals surface area contributed by atoms with Crippen LogP contribution in [0.3, 0.4) is 0 Å². The van der Waals surface area contributed by atoms with E-state index in [1.165, 1.54) is 19.5 Å². The summed E-state index contributed by atoms with van der Waals surface area (Å²) in [5.41, 5.74) is 8.06. The fourth-order valence-electron chi connectivity index (χ4n) is 2.78. The van der Waals surface area contributed by atoms with Crippen molar-refractivity contribution >= 4 is 17.3 Å². The van der Waals surface area contributed by atoms with E-state index in [0.717, 1.165) is 28.7 Å². The smallest absolute Gasteiger partial charge is 0.0642 e. The first kappa shape index (κ1) is 14.6. The molecule has 2 atom stereocenters. The van der Waals surface area contributed by atoms with Crippen molar-refractivity contribution in [2.75, 3.05) is 38.6 Å². The van der Waals surface area contributed by atoms with Crippen molar-refractivity contribution < 1.29 is 0 Å². The van der Waals surface area contributed by atoms with Crippen molar-refractivity contribution in [3.05, 3.63) is 28.8 Å². The Morgan fingerprint density at radius 2 is 2.26 bits per heavy atom. The molecule has 0 radical (unpaired) electrons. The summed E-state index contributed by atoms with van der Waals surface area (Å²) in [5, 5.41) is 0.795. The summed E-state index contributed by atoms with van der Waals surface area (Å²) in [5.74, 6) is 0.735. The van der Waals surface area contributed by atoms with Gasteiger partial charge >= 0.3 is 0 Å². The van der Waals surface area contributed by atoms with Crippen LogP contribution in [0.15, 0.2) is 18.2 Å². The maximum absolute atomic E-state index is 6.37. The Morgan fingerprint density at radius 1 is 1.53 bits per heavy atom. The second kappa shape index (κ2) is 6.12. The van der Waals surface area contributed by atoms with Crippen LogP contribution in [0.4, 0.5) is 5.69 Å². The van der Waals surface area contributed by atoms with Gasteiger partial charge < -0.3 is 15.5 Å². The molecular formula is C15H24ClN3. The molecular weight excluding hydrogens is 258 g/mol. The van der Waals surface area contributed by atoms with E-state index < -0.39 is 0 Å². The molecule has 1 heterocycles. The maximum Gasteiger partial charge on any atom is 0.0642 e. The van der Waals surface area contributed by atoms with Crippen LogP contribution in [0.25, 0.3) is 0 Å². The summed E-state index contributed by atoms with van der Waals surface area (Å²) >= 11 is 6.37. The molecule has 0 saturated carbocycles. The first-order valence-electron chi connectivity index (χ1n) is 6.92. The number of anilines is 1. The molecule has 1 aliphatic rings. The molecule has 3 nitrogen and oxygen atoms in total. The van der Waals surface area contributed by atoms with Gasteiger partial charge in [-0.05, 0) is 50.6 Å². The van der Waals surface area contributed by atoms with Gasteiger partial charge in [0.1, 0.15) is 0 Å². The minimum atomic E-state index is 0.0281. The number of nitrogens with zero attached hydrogens (tertiary/aromatic N) is 2. The Balaban J connectivity index is 2.04. The van der Waals surface area contributed by atoms with E-state index in [0.29, 0.717) is 0 Å². The minimum Gasteiger partial charge on any atom is -0.373 e. The van der Waals surface area contributed by atoms with Crippen LogP contribution >= 0.6 is 11.6 Å². The summed E-state index contributed by atoms with van der Waals surface area (Å²) in [6, 6.07) is 6.17. The predicted octanol–water partition coefficient (Wildman–Crippen LogP) is 2.75. The Labute approximate surface area is 121 Å². The topological polar surface area (TPSA) is 32.5 Å². The molecule has 1 fully saturated rings. The molecule has 1 aliphatic heterocycles. The SMILES string of the molecule is C[C@@H](N)c1ccc(N(C)CC2CCN(C)C2)c(Cl)c1. The van der Waals surface area contributed by atoms with E-state index in [9.17, 15) is 0 Å². The van der Waals surface area contributed by atoms with Gasteiger partial charge in [0.15, 0.2) is 0 Å². The van der Waals surface area contributed by atoms with E-state index in [2.05, 4.69) is 36.0 Å². The van der Waals surface area contributed by atoms with Crippen LogP contribution < -0.4 is 10.6 Å². The fourth-order valence-corrected chi connectivity index (χ4v) is 3.11. The van der Waals surface area contributed by atoms with E-state index >= 15 is 0 Å². The largest absolute Gasteiger partial charge is 0.373 e. The number of likely N-dealkylation sites (tertiary alicyclic amines) is 1. The average molecular weight is 282 g/mol. The third kappa shape index (κ3) is 3.62. The number of rotatable bonds is 4. The van der Waals surface area contributed by atoms with E-state index in [-0.39, 0.29) is 6.04 Å². The first-order valence-corrected chi connectivity index (χ1v) is 7.30. The van der Waals surface area contributed by atoms with Crippen molar-refractivity contribution in [3.63, 3.8) is 0 Å². The monoisotopic (exact) mass is 281 g/mol. The molecule has 1 aromatic carbocycles. The van der Waals surface area contributed by atoms with Crippen LogP contribution in [0.2, 0.25) is 5.02 Å². The molecule has 2 rings (SSSR count). The lowest BCUT2D eigenvalue weighted by atomic mass is 10.1. The summed E-state index contributed by atoms with van der Waals surface area (Å²) in [7, 11) is 4.30.